The zero-order valence-electron chi connectivity index (χ0n) is 25.1. The van der Waals surface area contributed by atoms with Gasteiger partial charge < -0.3 is 30.7 Å². The summed E-state index contributed by atoms with van der Waals surface area (Å²) < 4.78 is 15.7. The van der Waals surface area contributed by atoms with Crippen LogP contribution in [0.1, 0.15) is 79.5 Å². The van der Waals surface area contributed by atoms with E-state index in [4.69, 9.17) is 9.47 Å². The molecule has 0 radical (unpaired) electrons. The Balaban J connectivity index is 1.76. The number of amides is 2. The first-order valence-electron chi connectivity index (χ1n) is 13.9. The van der Waals surface area contributed by atoms with E-state index in [2.05, 4.69) is 157 Å². The van der Waals surface area contributed by atoms with Crippen LogP contribution in [-0.2, 0) is 19.1 Å². The van der Waals surface area contributed by atoms with Gasteiger partial charge in [-0.1, -0.05) is 32.1 Å². The zero-order chi connectivity index (χ0) is 33.8. The highest BCUT2D eigenvalue weighted by Gasteiger charge is 2.27. The van der Waals surface area contributed by atoms with Gasteiger partial charge in [0.05, 0.1) is 68.5 Å². The fourth-order valence-electron chi connectivity index (χ4n) is 4.26. The molecule has 0 atom stereocenters. The number of esters is 2. The summed E-state index contributed by atoms with van der Waals surface area (Å²) in [6.45, 7) is 3.53. The molecule has 16 heteroatoms. The quantitative estimate of drug-likeness (QED) is 0.0744. The maximum atomic E-state index is 13.0. The predicted molar refractivity (Wildman–Crippen MR) is 230 cm³/mol. The average molecular weight is 1300 g/mol. The molecule has 248 valence electrons. The lowest BCUT2D eigenvalue weighted by Gasteiger charge is -2.18. The number of hydrogen-bond acceptors (Lipinski definition) is 8. The molecular formula is C29H34I6N4O6. The van der Waals surface area contributed by atoms with Crippen molar-refractivity contribution in [2.45, 2.75) is 58.8 Å². The lowest BCUT2D eigenvalue weighted by molar-refractivity contribution is -0.115. The largest absolute Gasteiger partial charge is 0.462 e. The molecule has 0 aliphatic heterocycles. The van der Waals surface area contributed by atoms with Crippen molar-refractivity contribution >= 4 is 182 Å². The Hall–Kier alpha value is 0.300. The molecule has 0 aliphatic rings. The Kier molecular flexibility index (Phi) is 19.1. The van der Waals surface area contributed by atoms with Crippen molar-refractivity contribution in [3.8, 4) is 0 Å². The number of halogens is 6. The summed E-state index contributed by atoms with van der Waals surface area (Å²) in [5, 5.41) is 11.9. The molecule has 10 nitrogen and oxygen atoms in total. The van der Waals surface area contributed by atoms with Gasteiger partial charge in [0.1, 0.15) is 0 Å². The summed E-state index contributed by atoms with van der Waals surface area (Å²) in [4.78, 5) is 49.4. The number of anilines is 4. The zero-order valence-corrected chi connectivity index (χ0v) is 38.0. The van der Waals surface area contributed by atoms with Gasteiger partial charge in [-0.3, -0.25) is 9.59 Å². The van der Waals surface area contributed by atoms with Crippen LogP contribution in [0.25, 0.3) is 0 Å². The molecule has 2 aromatic carbocycles. The van der Waals surface area contributed by atoms with E-state index in [0.717, 1.165) is 70.6 Å². The van der Waals surface area contributed by atoms with E-state index in [1.165, 1.54) is 13.8 Å². The Labute approximate surface area is 345 Å². The summed E-state index contributed by atoms with van der Waals surface area (Å²) in [6, 6.07) is 0. The number of benzene rings is 2. The molecular weight excluding hydrogens is 1260 g/mol. The van der Waals surface area contributed by atoms with E-state index in [0.29, 0.717) is 42.9 Å². The van der Waals surface area contributed by atoms with Crippen molar-refractivity contribution in [2.24, 2.45) is 0 Å². The van der Waals surface area contributed by atoms with Crippen LogP contribution in [0, 0.1) is 21.4 Å². The van der Waals surface area contributed by atoms with Crippen molar-refractivity contribution in [3.63, 3.8) is 0 Å². The normalized spacial score (nSPS) is 10.7. The second kappa shape index (κ2) is 20.7. The van der Waals surface area contributed by atoms with Gasteiger partial charge in [-0.05, 0) is 148 Å². The van der Waals surface area contributed by atoms with Crippen molar-refractivity contribution < 1.29 is 28.7 Å². The monoisotopic (exact) mass is 1300 g/mol. The predicted octanol–water partition coefficient (Wildman–Crippen LogP) is 9.06. The summed E-state index contributed by atoms with van der Waals surface area (Å²) in [7, 11) is 3.56. The Morgan fingerprint density at radius 1 is 0.489 bits per heavy atom. The third-order valence-electron chi connectivity index (χ3n) is 6.40. The summed E-state index contributed by atoms with van der Waals surface area (Å²) in [5.41, 5.74) is 3.67. The van der Waals surface area contributed by atoms with Gasteiger partial charge in [0.15, 0.2) is 0 Å². The van der Waals surface area contributed by atoms with Crippen LogP contribution < -0.4 is 21.3 Å². The number of unbranched alkanes of at least 4 members (excludes halogenated alkanes) is 6. The van der Waals surface area contributed by atoms with Crippen molar-refractivity contribution in [1.29, 1.82) is 0 Å². The van der Waals surface area contributed by atoms with Gasteiger partial charge in [0.2, 0.25) is 11.8 Å². The van der Waals surface area contributed by atoms with Crippen LogP contribution in [0.4, 0.5) is 22.7 Å². The number of carbonyl (C=O) groups is 4. The maximum absolute atomic E-state index is 13.0. The number of ether oxygens (including phenoxy) is 2. The molecule has 2 aromatic rings. The van der Waals surface area contributed by atoms with Crippen LogP contribution in [0.3, 0.4) is 0 Å². The van der Waals surface area contributed by atoms with Crippen LogP contribution in [0.15, 0.2) is 0 Å². The number of nitrogens with one attached hydrogen (secondary N) is 4. The number of hydrogen-bond donors (Lipinski definition) is 4. The van der Waals surface area contributed by atoms with Crippen LogP contribution in [0.5, 0.6) is 0 Å². The molecule has 4 N–H and O–H groups in total. The minimum atomic E-state index is -0.402. The summed E-state index contributed by atoms with van der Waals surface area (Å²) >= 11 is 12.8. The summed E-state index contributed by atoms with van der Waals surface area (Å²) in [5.74, 6) is -1.22. The van der Waals surface area contributed by atoms with Gasteiger partial charge in [0, 0.05) is 27.9 Å². The molecule has 2 rings (SSSR count). The Morgan fingerprint density at radius 2 is 0.778 bits per heavy atom. The third-order valence-corrected chi connectivity index (χ3v) is 12.9. The minimum Gasteiger partial charge on any atom is -0.462 e. The second-order valence-corrected chi connectivity index (χ2v) is 16.2. The SMILES string of the molecule is CNc1c(I)c(NC(C)=O)c(I)c(C(=O)OCCCCCCCCCOC(=O)c2c(I)c(NC)c(I)c(NC(C)=O)c2I)c1I. The van der Waals surface area contributed by atoms with Gasteiger partial charge in [0.25, 0.3) is 0 Å². The summed E-state index contributed by atoms with van der Waals surface area (Å²) in [6.07, 6.45) is 6.49. The van der Waals surface area contributed by atoms with E-state index in [9.17, 15) is 19.2 Å². The molecule has 0 saturated heterocycles. The molecule has 0 aromatic heterocycles. The molecule has 0 unspecified atom stereocenters. The Bertz CT molecular complexity index is 1330. The molecule has 0 aliphatic carbocycles. The van der Waals surface area contributed by atoms with Crippen LogP contribution in [-0.4, -0.2) is 51.1 Å². The fourth-order valence-corrected chi connectivity index (χ4v) is 13.1. The average Bonchev–Trinajstić information content (AvgIpc) is 2.96. The van der Waals surface area contributed by atoms with E-state index < -0.39 is 11.9 Å². The lowest BCUT2D eigenvalue weighted by atomic mass is 10.1. The van der Waals surface area contributed by atoms with Gasteiger partial charge in [-0.15, -0.1) is 0 Å². The number of carbonyl (C=O) groups excluding carboxylic acids is 4. The topological polar surface area (TPSA) is 135 Å². The van der Waals surface area contributed by atoms with Crippen LogP contribution in [0.2, 0.25) is 0 Å². The van der Waals surface area contributed by atoms with Crippen molar-refractivity contribution in [1.82, 2.24) is 0 Å². The van der Waals surface area contributed by atoms with Gasteiger partial charge in [-0.25, -0.2) is 9.59 Å². The van der Waals surface area contributed by atoms with Crippen molar-refractivity contribution in [3.05, 3.63) is 32.5 Å². The molecule has 0 fully saturated rings. The number of rotatable bonds is 16. The van der Waals surface area contributed by atoms with E-state index in [1.807, 2.05) is 0 Å². The molecule has 2 amide bonds. The smallest absolute Gasteiger partial charge is 0.340 e. The minimum absolute atomic E-state index is 0.206. The standard InChI is InChI=1S/C29H34I6N4O6/c1-14(40)38-26-20(32)16(18(30)24(36-3)22(26)34)28(42)44-12-10-8-6-5-7-9-11-13-45-29(43)17-19(31)25(37-4)23(35)27(21(17)33)39-15(2)41/h36-37H,5-13H2,1-4H3,(H,38,40)(H,39,41). The molecule has 0 heterocycles. The first-order chi connectivity index (χ1) is 21.3. The fraction of sp³-hybridized carbons (Fsp3) is 0.448. The highest BCUT2D eigenvalue weighted by Crippen LogP contribution is 2.40. The second-order valence-electron chi connectivity index (χ2n) is 9.74. The van der Waals surface area contributed by atoms with Gasteiger partial charge >= 0.3 is 11.9 Å². The van der Waals surface area contributed by atoms with E-state index in [1.54, 1.807) is 14.1 Å². The van der Waals surface area contributed by atoms with E-state index in [-0.39, 0.29) is 11.8 Å². The van der Waals surface area contributed by atoms with E-state index >= 15 is 0 Å². The molecule has 0 spiro atoms. The maximum Gasteiger partial charge on any atom is 0.340 e. The highest BCUT2D eigenvalue weighted by atomic mass is 127. The lowest BCUT2D eigenvalue weighted by Crippen LogP contribution is -2.17. The van der Waals surface area contributed by atoms with Crippen molar-refractivity contribution in [2.75, 3.05) is 48.6 Å². The molecule has 0 saturated carbocycles. The molecule has 0 bridgehead atoms. The first kappa shape index (κ1) is 41.5. The molecule has 45 heavy (non-hydrogen) atoms. The van der Waals surface area contributed by atoms with Crippen LogP contribution >= 0.6 is 136 Å². The first-order valence-corrected chi connectivity index (χ1v) is 20.4. The highest BCUT2D eigenvalue weighted by molar-refractivity contribution is 14.1. The van der Waals surface area contributed by atoms with Gasteiger partial charge in [-0.2, -0.15) is 0 Å². The third kappa shape index (κ3) is 11.7. The Morgan fingerprint density at radius 3 is 1.07 bits per heavy atom.